The Labute approximate surface area is 207 Å². The Morgan fingerprint density at radius 3 is 2.46 bits per heavy atom. The molecule has 0 bridgehead atoms. The number of methoxy groups -OCH3 is 2. The molecule has 0 fully saturated rings. The third-order valence-corrected chi connectivity index (χ3v) is 5.71. The number of anilines is 1. The molecule has 0 saturated carbocycles. The smallest absolute Gasteiger partial charge is 0.338 e. The number of aromatic amines is 1. The van der Waals surface area contributed by atoms with E-state index in [1.807, 2.05) is 24.3 Å². The third kappa shape index (κ3) is 5.38. The molecule has 1 amide bonds. The van der Waals surface area contributed by atoms with Gasteiger partial charge in [-0.1, -0.05) is 18.5 Å². The van der Waals surface area contributed by atoms with E-state index in [0.29, 0.717) is 45.3 Å². The van der Waals surface area contributed by atoms with Crippen LogP contribution in [0.3, 0.4) is 0 Å². The van der Waals surface area contributed by atoms with Crippen molar-refractivity contribution in [2.75, 3.05) is 19.5 Å². The summed E-state index contributed by atoms with van der Waals surface area (Å²) < 4.78 is 15.8. The van der Waals surface area contributed by atoms with Gasteiger partial charge in [0.2, 0.25) is 0 Å². The summed E-state index contributed by atoms with van der Waals surface area (Å²) in [4.78, 5) is 33.3. The summed E-state index contributed by atoms with van der Waals surface area (Å²) in [6.45, 7) is 1.76. The second-order valence-corrected chi connectivity index (χ2v) is 8.09. The molecule has 1 atom stereocenters. The number of ether oxygens (including phenoxy) is 3. The summed E-state index contributed by atoms with van der Waals surface area (Å²) in [6, 6.07) is 17.4. The molecule has 0 aliphatic rings. The molecule has 2 N–H and O–H groups in total. The Kier molecular flexibility index (Phi) is 7.22. The third-order valence-electron chi connectivity index (χ3n) is 5.41. The summed E-state index contributed by atoms with van der Waals surface area (Å²) in [6.07, 6.45) is -0.675. The van der Waals surface area contributed by atoms with Crippen LogP contribution in [-0.4, -0.2) is 42.2 Å². The van der Waals surface area contributed by atoms with Crippen LogP contribution in [0.15, 0.2) is 60.7 Å². The average Bonchev–Trinajstić information content (AvgIpc) is 3.30. The van der Waals surface area contributed by atoms with Crippen LogP contribution in [0, 0.1) is 0 Å². The van der Waals surface area contributed by atoms with Crippen molar-refractivity contribution in [1.29, 1.82) is 0 Å². The number of rotatable bonds is 8. The molecule has 1 unspecified atom stereocenters. The Morgan fingerprint density at radius 1 is 1.03 bits per heavy atom. The van der Waals surface area contributed by atoms with Crippen molar-refractivity contribution in [1.82, 2.24) is 9.97 Å². The predicted molar refractivity (Wildman–Crippen MR) is 134 cm³/mol. The second kappa shape index (κ2) is 10.5. The van der Waals surface area contributed by atoms with Crippen LogP contribution >= 0.6 is 11.6 Å². The number of imidazole rings is 1. The minimum atomic E-state index is -0.976. The number of hydrogen-bond donors (Lipinski definition) is 2. The highest BCUT2D eigenvalue weighted by atomic mass is 35.5. The summed E-state index contributed by atoms with van der Waals surface area (Å²) in [5, 5.41) is 3.08. The quantitative estimate of drug-likeness (QED) is 0.315. The molecule has 4 rings (SSSR count). The summed E-state index contributed by atoms with van der Waals surface area (Å²) in [7, 11) is 3.12. The average molecular weight is 494 g/mol. The Hall–Kier alpha value is -4.04. The van der Waals surface area contributed by atoms with Crippen molar-refractivity contribution in [3.8, 4) is 22.9 Å². The summed E-state index contributed by atoms with van der Waals surface area (Å²) in [5.74, 6) is 0.845. The van der Waals surface area contributed by atoms with E-state index >= 15 is 0 Å². The zero-order valence-electron chi connectivity index (χ0n) is 19.4. The van der Waals surface area contributed by atoms with Gasteiger partial charge in [-0.3, -0.25) is 4.79 Å². The number of nitrogens with one attached hydrogen (secondary N) is 2. The van der Waals surface area contributed by atoms with Crippen LogP contribution in [0.1, 0.15) is 23.7 Å². The van der Waals surface area contributed by atoms with E-state index in [0.717, 1.165) is 11.3 Å². The maximum atomic E-state index is 12.8. The summed E-state index contributed by atoms with van der Waals surface area (Å²) in [5.41, 5.74) is 3.04. The molecule has 180 valence electrons. The summed E-state index contributed by atoms with van der Waals surface area (Å²) >= 11 is 6.12. The van der Waals surface area contributed by atoms with E-state index in [4.69, 9.17) is 25.8 Å². The molecule has 0 radical (unpaired) electrons. The van der Waals surface area contributed by atoms with Crippen molar-refractivity contribution < 1.29 is 23.8 Å². The van der Waals surface area contributed by atoms with Crippen molar-refractivity contribution in [2.24, 2.45) is 0 Å². The zero-order chi connectivity index (χ0) is 24.9. The van der Waals surface area contributed by atoms with Gasteiger partial charge in [-0.25, -0.2) is 9.78 Å². The molecule has 35 heavy (non-hydrogen) atoms. The molecule has 0 aliphatic heterocycles. The standard InChI is InChI=1S/C26H24ClN3O5/c1-4-22(25(31)28-17-8-12-23(34-3)19(27)14-17)35-26(32)16-7-11-20-21(13-16)30-24(29-20)15-5-9-18(33-2)10-6-15/h5-14,22H,4H2,1-3H3,(H,28,31)(H,29,30). The fourth-order valence-electron chi connectivity index (χ4n) is 3.51. The Bertz CT molecular complexity index is 1370. The first kappa shape index (κ1) is 24.1. The van der Waals surface area contributed by atoms with Crippen LogP contribution in [0.4, 0.5) is 5.69 Å². The number of carbonyl (C=O) groups excluding carboxylic acids is 2. The lowest BCUT2D eigenvalue weighted by Crippen LogP contribution is -2.32. The topological polar surface area (TPSA) is 103 Å². The van der Waals surface area contributed by atoms with Gasteiger partial charge in [-0.2, -0.15) is 0 Å². The number of aromatic nitrogens is 2. The maximum absolute atomic E-state index is 12.8. The number of fused-ring (bicyclic) bond motifs is 1. The van der Waals surface area contributed by atoms with Crippen molar-refractivity contribution >= 4 is 40.2 Å². The molecule has 1 aromatic heterocycles. The number of carbonyl (C=O) groups is 2. The molecule has 0 spiro atoms. The highest BCUT2D eigenvalue weighted by molar-refractivity contribution is 6.32. The normalized spacial score (nSPS) is 11.7. The molecule has 0 saturated heterocycles. The van der Waals surface area contributed by atoms with Crippen LogP contribution in [0.5, 0.6) is 11.5 Å². The largest absolute Gasteiger partial charge is 0.497 e. The Morgan fingerprint density at radius 2 is 1.80 bits per heavy atom. The molecule has 4 aromatic rings. The number of halogens is 1. The lowest BCUT2D eigenvalue weighted by molar-refractivity contribution is -0.124. The predicted octanol–water partition coefficient (Wildman–Crippen LogP) is 5.47. The lowest BCUT2D eigenvalue weighted by atomic mass is 10.2. The minimum Gasteiger partial charge on any atom is -0.497 e. The first-order valence-electron chi connectivity index (χ1n) is 10.9. The number of H-pyrrole nitrogens is 1. The van der Waals surface area contributed by atoms with Gasteiger partial charge in [0, 0.05) is 11.3 Å². The van der Waals surface area contributed by atoms with Gasteiger partial charge in [0.1, 0.15) is 17.3 Å². The van der Waals surface area contributed by atoms with Gasteiger partial charge < -0.3 is 24.5 Å². The fourth-order valence-corrected chi connectivity index (χ4v) is 3.77. The van der Waals surface area contributed by atoms with Crippen molar-refractivity contribution in [2.45, 2.75) is 19.4 Å². The van der Waals surface area contributed by atoms with Crippen molar-refractivity contribution in [3.63, 3.8) is 0 Å². The molecule has 0 aliphatic carbocycles. The van der Waals surface area contributed by atoms with Crippen LogP contribution in [0.2, 0.25) is 5.02 Å². The monoisotopic (exact) mass is 493 g/mol. The van der Waals surface area contributed by atoms with Crippen LogP contribution in [0.25, 0.3) is 22.4 Å². The molecule has 3 aromatic carbocycles. The number of hydrogen-bond acceptors (Lipinski definition) is 6. The van der Waals surface area contributed by atoms with Gasteiger partial charge in [0.05, 0.1) is 35.8 Å². The van der Waals surface area contributed by atoms with E-state index in [-0.39, 0.29) is 0 Å². The first-order valence-corrected chi connectivity index (χ1v) is 11.3. The van der Waals surface area contributed by atoms with Gasteiger partial charge in [0.15, 0.2) is 6.10 Å². The van der Waals surface area contributed by atoms with Gasteiger partial charge in [0.25, 0.3) is 5.91 Å². The molecular formula is C26H24ClN3O5. The van der Waals surface area contributed by atoms with E-state index in [9.17, 15) is 9.59 Å². The van der Waals surface area contributed by atoms with E-state index < -0.39 is 18.0 Å². The second-order valence-electron chi connectivity index (χ2n) is 7.69. The lowest BCUT2D eigenvalue weighted by Gasteiger charge is -2.16. The van der Waals surface area contributed by atoms with E-state index in [1.165, 1.54) is 7.11 Å². The number of amides is 1. The molecule has 9 heteroatoms. The van der Waals surface area contributed by atoms with Gasteiger partial charge in [-0.15, -0.1) is 0 Å². The first-order chi connectivity index (χ1) is 16.9. The Balaban J connectivity index is 1.47. The van der Waals surface area contributed by atoms with E-state index in [1.54, 1.807) is 50.4 Å². The highest BCUT2D eigenvalue weighted by Gasteiger charge is 2.23. The maximum Gasteiger partial charge on any atom is 0.338 e. The fraction of sp³-hybridized carbons (Fsp3) is 0.192. The zero-order valence-corrected chi connectivity index (χ0v) is 20.2. The van der Waals surface area contributed by atoms with Crippen LogP contribution < -0.4 is 14.8 Å². The SMILES string of the molecule is CCC(OC(=O)c1ccc2nc(-c3ccc(OC)cc3)[nH]c2c1)C(=O)Nc1ccc(OC)c(Cl)c1. The molecule has 8 nitrogen and oxygen atoms in total. The number of benzene rings is 3. The highest BCUT2D eigenvalue weighted by Crippen LogP contribution is 2.28. The molecular weight excluding hydrogens is 470 g/mol. The van der Waals surface area contributed by atoms with Gasteiger partial charge in [-0.05, 0) is 67.1 Å². The number of esters is 1. The number of nitrogens with zero attached hydrogens (tertiary/aromatic N) is 1. The van der Waals surface area contributed by atoms with Gasteiger partial charge >= 0.3 is 5.97 Å². The van der Waals surface area contributed by atoms with E-state index in [2.05, 4.69) is 15.3 Å². The minimum absolute atomic E-state index is 0.301. The van der Waals surface area contributed by atoms with Crippen molar-refractivity contribution in [3.05, 3.63) is 71.2 Å². The van der Waals surface area contributed by atoms with Crippen LogP contribution in [-0.2, 0) is 9.53 Å². The molecule has 1 heterocycles.